The van der Waals surface area contributed by atoms with Crippen molar-refractivity contribution in [2.45, 2.75) is 24.9 Å². The zero-order chi connectivity index (χ0) is 20.5. The minimum Gasteiger partial charge on any atom is -0.492 e. The van der Waals surface area contributed by atoms with Crippen molar-refractivity contribution in [1.82, 2.24) is 19.8 Å². The van der Waals surface area contributed by atoms with Gasteiger partial charge < -0.3 is 15.0 Å². The number of ether oxygens (including phenoxy) is 1. The average molecular weight is 406 g/mol. The number of nitrogens with one attached hydrogen (secondary N) is 1. The van der Waals surface area contributed by atoms with Crippen LogP contribution in [0.25, 0.3) is 11.0 Å². The summed E-state index contributed by atoms with van der Waals surface area (Å²) in [5.41, 5.74) is 1.68. The lowest BCUT2D eigenvalue weighted by atomic mass is 9.92. The Kier molecular flexibility index (Phi) is 5.04. The standard InChI is InChI=1S/C23H27N5O2/c1-26-15-18-12-11-17(26)16-27(18)22-25-20-9-5-6-10-21(20)28(22)23(29)24-13-14-30-19-7-3-2-4-8-19/h2-10,17-18H,11-16H2,1H3,(H,24,29). The first kappa shape index (κ1) is 18.9. The van der Waals surface area contributed by atoms with Gasteiger partial charge >= 0.3 is 6.03 Å². The van der Waals surface area contributed by atoms with E-state index in [0.717, 1.165) is 42.2 Å². The van der Waals surface area contributed by atoms with Gasteiger partial charge in [-0.05, 0) is 44.2 Å². The molecule has 1 amide bonds. The van der Waals surface area contributed by atoms with Gasteiger partial charge in [-0.15, -0.1) is 0 Å². The van der Waals surface area contributed by atoms with E-state index in [1.165, 1.54) is 6.42 Å². The first-order valence-electron chi connectivity index (χ1n) is 10.6. The van der Waals surface area contributed by atoms with Crippen molar-refractivity contribution < 1.29 is 9.53 Å². The van der Waals surface area contributed by atoms with Gasteiger partial charge in [0.05, 0.1) is 17.6 Å². The number of likely N-dealkylation sites (N-methyl/N-ethyl adjacent to an activating group) is 1. The molecule has 0 radical (unpaired) electrons. The third kappa shape index (κ3) is 3.50. The summed E-state index contributed by atoms with van der Waals surface area (Å²) in [7, 11) is 2.19. The largest absolute Gasteiger partial charge is 0.492 e. The number of aromatic nitrogens is 2. The van der Waals surface area contributed by atoms with Crippen molar-refractivity contribution in [1.29, 1.82) is 0 Å². The Morgan fingerprint density at radius 3 is 2.60 bits per heavy atom. The molecule has 7 heteroatoms. The van der Waals surface area contributed by atoms with E-state index in [-0.39, 0.29) is 6.03 Å². The van der Waals surface area contributed by atoms with E-state index in [1.807, 2.05) is 54.6 Å². The number of anilines is 1. The molecule has 3 aliphatic rings. The molecule has 1 aromatic heterocycles. The van der Waals surface area contributed by atoms with Crippen molar-refractivity contribution >= 4 is 23.0 Å². The molecular formula is C23H27N5O2. The van der Waals surface area contributed by atoms with Gasteiger partial charge in [0, 0.05) is 25.2 Å². The van der Waals surface area contributed by atoms with Crippen LogP contribution in [0.5, 0.6) is 5.75 Å². The van der Waals surface area contributed by atoms with Gasteiger partial charge in [0.2, 0.25) is 5.95 Å². The second-order valence-electron chi connectivity index (χ2n) is 8.11. The van der Waals surface area contributed by atoms with Crippen LogP contribution in [0, 0.1) is 0 Å². The number of carbonyl (C=O) groups is 1. The highest BCUT2D eigenvalue weighted by Crippen LogP contribution is 2.33. The van der Waals surface area contributed by atoms with Crippen molar-refractivity contribution in [3.63, 3.8) is 0 Å². The lowest BCUT2D eigenvalue weighted by Crippen LogP contribution is -2.62. The fourth-order valence-electron chi connectivity index (χ4n) is 4.61. The Hall–Kier alpha value is -3.06. The summed E-state index contributed by atoms with van der Waals surface area (Å²) in [4.78, 5) is 22.8. The number of para-hydroxylation sites is 3. The van der Waals surface area contributed by atoms with E-state index < -0.39 is 0 Å². The molecule has 3 saturated heterocycles. The molecule has 2 aromatic carbocycles. The monoisotopic (exact) mass is 405 g/mol. The number of carbonyl (C=O) groups excluding carboxylic acids is 1. The highest BCUT2D eigenvalue weighted by atomic mass is 16.5. The lowest BCUT2D eigenvalue weighted by molar-refractivity contribution is 0.123. The van der Waals surface area contributed by atoms with Gasteiger partial charge in [-0.2, -0.15) is 0 Å². The number of amides is 1. The van der Waals surface area contributed by atoms with Crippen LogP contribution in [0.4, 0.5) is 10.7 Å². The third-order valence-corrected chi connectivity index (χ3v) is 6.20. The summed E-state index contributed by atoms with van der Waals surface area (Å²) >= 11 is 0. The maximum Gasteiger partial charge on any atom is 0.329 e. The predicted molar refractivity (Wildman–Crippen MR) is 117 cm³/mol. The molecule has 0 aliphatic carbocycles. The van der Waals surface area contributed by atoms with Crippen LogP contribution in [0.1, 0.15) is 12.8 Å². The first-order valence-corrected chi connectivity index (χ1v) is 10.6. The number of hydrogen-bond acceptors (Lipinski definition) is 5. The maximum atomic E-state index is 13.2. The molecule has 3 aromatic rings. The molecule has 3 aliphatic heterocycles. The fraction of sp³-hybridized carbons (Fsp3) is 0.391. The molecule has 2 unspecified atom stereocenters. The molecule has 0 spiro atoms. The van der Waals surface area contributed by atoms with Crippen molar-refractivity contribution in [3.8, 4) is 5.75 Å². The van der Waals surface area contributed by atoms with E-state index in [9.17, 15) is 4.79 Å². The number of rotatable bonds is 5. The molecule has 7 nitrogen and oxygen atoms in total. The Morgan fingerprint density at radius 2 is 1.83 bits per heavy atom. The molecular weight excluding hydrogens is 378 g/mol. The minimum absolute atomic E-state index is 0.162. The maximum absolute atomic E-state index is 13.2. The summed E-state index contributed by atoms with van der Waals surface area (Å²) in [6, 6.07) is 18.2. The van der Waals surface area contributed by atoms with Crippen molar-refractivity contribution in [3.05, 3.63) is 54.6 Å². The highest BCUT2D eigenvalue weighted by molar-refractivity contribution is 5.93. The van der Waals surface area contributed by atoms with E-state index in [2.05, 4.69) is 22.2 Å². The second-order valence-corrected chi connectivity index (χ2v) is 8.11. The van der Waals surface area contributed by atoms with Crippen LogP contribution in [-0.2, 0) is 0 Å². The fourth-order valence-corrected chi connectivity index (χ4v) is 4.61. The van der Waals surface area contributed by atoms with E-state index in [4.69, 9.17) is 9.72 Å². The Morgan fingerprint density at radius 1 is 1.07 bits per heavy atom. The Bertz CT molecular complexity index is 1030. The van der Waals surface area contributed by atoms with E-state index >= 15 is 0 Å². The topological polar surface area (TPSA) is 62.6 Å². The highest BCUT2D eigenvalue weighted by Gasteiger charge is 2.39. The summed E-state index contributed by atoms with van der Waals surface area (Å²) in [5.74, 6) is 1.55. The molecule has 2 bridgehead atoms. The van der Waals surface area contributed by atoms with Crippen LogP contribution in [0.2, 0.25) is 0 Å². The molecule has 6 rings (SSSR count). The summed E-state index contributed by atoms with van der Waals surface area (Å²) < 4.78 is 7.44. The van der Waals surface area contributed by atoms with Gasteiger partial charge in [0.1, 0.15) is 12.4 Å². The molecule has 30 heavy (non-hydrogen) atoms. The third-order valence-electron chi connectivity index (χ3n) is 6.20. The van der Waals surface area contributed by atoms with Crippen LogP contribution in [-0.4, -0.2) is 65.9 Å². The molecule has 1 N–H and O–H groups in total. The SMILES string of the molecule is CN1CC2CCC1CN2c1nc2ccccc2n1C(=O)NCCOc1ccccc1. The number of hydrogen-bond donors (Lipinski definition) is 1. The molecule has 3 fully saturated rings. The van der Waals surface area contributed by atoms with Crippen molar-refractivity contribution in [2.75, 3.05) is 38.2 Å². The smallest absolute Gasteiger partial charge is 0.329 e. The van der Waals surface area contributed by atoms with E-state index in [0.29, 0.717) is 25.2 Å². The number of imidazole rings is 1. The summed E-state index contributed by atoms with van der Waals surface area (Å²) in [6.07, 6.45) is 2.35. The van der Waals surface area contributed by atoms with Crippen LogP contribution in [0.3, 0.4) is 0 Å². The molecule has 0 saturated carbocycles. The second kappa shape index (κ2) is 7.99. The quantitative estimate of drug-likeness (QED) is 0.662. The summed E-state index contributed by atoms with van der Waals surface area (Å²) in [6.45, 7) is 2.76. The van der Waals surface area contributed by atoms with Crippen LogP contribution < -0.4 is 15.0 Å². The van der Waals surface area contributed by atoms with Crippen molar-refractivity contribution in [2.24, 2.45) is 0 Å². The Labute approximate surface area is 176 Å². The number of benzene rings is 2. The van der Waals surface area contributed by atoms with Crippen LogP contribution in [0.15, 0.2) is 54.6 Å². The predicted octanol–water partition coefficient (Wildman–Crippen LogP) is 2.96. The number of fused-ring (bicyclic) bond motifs is 4. The van der Waals surface area contributed by atoms with Crippen LogP contribution >= 0.6 is 0 Å². The number of piperidine rings is 2. The number of nitrogens with zero attached hydrogens (tertiary/aromatic N) is 4. The van der Waals surface area contributed by atoms with Gasteiger partial charge in [0.25, 0.3) is 0 Å². The van der Waals surface area contributed by atoms with E-state index in [1.54, 1.807) is 4.57 Å². The number of piperazine rings is 1. The normalized spacial score (nSPS) is 21.2. The zero-order valence-corrected chi connectivity index (χ0v) is 17.2. The molecule has 156 valence electrons. The lowest BCUT2D eigenvalue weighted by Gasteiger charge is -2.50. The zero-order valence-electron chi connectivity index (χ0n) is 17.2. The first-order chi connectivity index (χ1) is 14.7. The minimum atomic E-state index is -0.162. The van der Waals surface area contributed by atoms with Gasteiger partial charge in [-0.3, -0.25) is 4.90 Å². The Balaban J connectivity index is 1.35. The van der Waals surface area contributed by atoms with Gasteiger partial charge in [-0.1, -0.05) is 30.3 Å². The summed E-state index contributed by atoms with van der Waals surface area (Å²) in [5, 5.41) is 3.00. The molecule has 4 heterocycles. The van der Waals surface area contributed by atoms with Gasteiger partial charge in [0.15, 0.2) is 0 Å². The van der Waals surface area contributed by atoms with Gasteiger partial charge in [-0.25, -0.2) is 14.3 Å². The molecule has 2 atom stereocenters. The average Bonchev–Trinajstić information content (AvgIpc) is 3.17.